The Morgan fingerprint density at radius 1 is 1.19 bits per heavy atom. The Hall–Kier alpha value is -2.31. The van der Waals surface area contributed by atoms with E-state index in [0.29, 0.717) is 21.9 Å². The fourth-order valence-corrected chi connectivity index (χ4v) is 3.46. The topological polar surface area (TPSA) is 62.6 Å². The van der Waals surface area contributed by atoms with Crippen LogP contribution in [0.5, 0.6) is 0 Å². The Bertz CT molecular complexity index is 1050. The highest BCUT2D eigenvalue weighted by molar-refractivity contribution is 9.10. The first-order chi connectivity index (χ1) is 12.8. The molecule has 0 aliphatic carbocycles. The summed E-state index contributed by atoms with van der Waals surface area (Å²) in [5.74, 6) is -0.432. The maximum absolute atomic E-state index is 12.7. The number of benzene rings is 2. The Morgan fingerprint density at radius 2 is 1.93 bits per heavy atom. The third-order valence-electron chi connectivity index (χ3n) is 4.28. The molecule has 140 valence electrons. The molecule has 0 fully saturated rings. The molecule has 3 rings (SSSR count). The summed E-state index contributed by atoms with van der Waals surface area (Å²) in [7, 11) is 1.57. The maximum atomic E-state index is 12.7. The molecule has 2 amide bonds. The number of carbonyl (C=O) groups is 2. The van der Waals surface area contributed by atoms with Gasteiger partial charge in [0, 0.05) is 33.2 Å². The molecular formula is C20H18BrClN2O3. The Labute approximate surface area is 170 Å². The number of amides is 2. The van der Waals surface area contributed by atoms with Crippen LogP contribution in [-0.4, -0.2) is 30.3 Å². The molecule has 1 aromatic heterocycles. The summed E-state index contributed by atoms with van der Waals surface area (Å²) in [6.07, 6.45) is 0. The van der Waals surface area contributed by atoms with Crippen LogP contribution < -0.4 is 5.32 Å². The molecular weight excluding hydrogens is 432 g/mol. The van der Waals surface area contributed by atoms with Crippen molar-refractivity contribution in [3.05, 3.63) is 62.8 Å². The lowest BCUT2D eigenvalue weighted by Gasteiger charge is -2.16. The summed E-state index contributed by atoms with van der Waals surface area (Å²) in [6, 6.07) is 10.8. The average Bonchev–Trinajstić information content (AvgIpc) is 2.93. The zero-order valence-corrected chi connectivity index (χ0v) is 17.4. The third-order valence-corrected chi connectivity index (χ3v) is 5.01. The highest BCUT2D eigenvalue weighted by atomic mass is 79.9. The van der Waals surface area contributed by atoms with Gasteiger partial charge >= 0.3 is 0 Å². The standard InChI is InChI=1S/C20H18BrClN2O3/c1-11-8-13(21)4-6-16(11)23-18(25)10-24(3)20(26)19-12(2)15-9-14(22)5-7-17(15)27-19/h4-9H,10H2,1-3H3,(H,23,25). The van der Waals surface area contributed by atoms with Gasteiger partial charge in [-0.2, -0.15) is 0 Å². The van der Waals surface area contributed by atoms with Gasteiger partial charge in [0.05, 0.1) is 6.54 Å². The van der Waals surface area contributed by atoms with Crippen molar-refractivity contribution in [2.45, 2.75) is 13.8 Å². The van der Waals surface area contributed by atoms with Gasteiger partial charge in [-0.05, 0) is 55.8 Å². The van der Waals surface area contributed by atoms with Crippen molar-refractivity contribution in [1.82, 2.24) is 4.90 Å². The minimum Gasteiger partial charge on any atom is -0.451 e. The summed E-state index contributed by atoms with van der Waals surface area (Å²) in [5.41, 5.74) is 2.92. The van der Waals surface area contributed by atoms with E-state index >= 15 is 0 Å². The van der Waals surface area contributed by atoms with Gasteiger partial charge in [0.25, 0.3) is 5.91 Å². The van der Waals surface area contributed by atoms with Crippen LogP contribution >= 0.6 is 27.5 Å². The van der Waals surface area contributed by atoms with Crippen LogP contribution in [0.15, 0.2) is 45.3 Å². The van der Waals surface area contributed by atoms with E-state index in [9.17, 15) is 9.59 Å². The zero-order valence-electron chi connectivity index (χ0n) is 15.1. The second-order valence-electron chi connectivity index (χ2n) is 6.37. The predicted octanol–water partition coefficient (Wildman–Crippen LogP) is 5.18. The quantitative estimate of drug-likeness (QED) is 0.597. The highest BCUT2D eigenvalue weighted by Crippen LogP contribution is 2.28. The van der Waals surface area contributed by atoms with E-state index in [1.165, 1.54) is 4.90 Å². The van der Waals surface area contributed by atoms with Crippen LogP contribution in [0, 0.1) is 13.8 Å². The summed E-state index contributed by atoms with van der Waals surface area (Å²) >= 11 is 9.41. The van der Waals surface area contributed by atoms with Crippen molar-refractivity contribution < 1.29 is 14.0 Å². The maximum Gasteiger partial charge on any atom is 0.290 e. The summed E-state index contributed by atoms with van der Waals surface area (Å²) in [4.78, 5) is 26.4. The van der Waals surface area contributed by atoms with E-state index in [-0.39, 0.29) is 24.1 Å². The first kappa shape index (κ1) is 19.5. The highest BCUT2D eigenvalue weighted by Gasteiger charge is 2.22. The molecule has 3 aromatic rings. The molecule has 1 heterocycles. The van der Waals surface area contributed by atoms with Gasteiger partial charge in [-0.3, -0.25) is 9.59 Å². The molecule has 27 heavy (non-hydrogen) atoms. The molecule has 0 saturated heterocycles. The van der Waals surface area contributed by atoms with Crippen LogP contribution in [0.3, 0.4) is 0 Å². The molecule has 7 heteroatoms. The van der Waals surface area contributed by atoms with E-state index in [0.717, 1.165) is 15.4 Å². The Balaban J connectivity index is 1.74. The van der Waals surface area contributed by atoms with Crippen LogP contribution in [0.1, 0.15) is 21.7 Å². The van der Waals surface area contributed by atoms with Crippen LogP contribution in [0.4, 0.5) is 5.69 Å². The summed E-state index contributed by atoms with van der Waals surface area (Å²) < 4.78 is 6.62. The molecule has 0 aliphatic heterocycles. The number of halogens is 2. The first-order valence-electron chi connectivity index (χ1n) is 8.26. The largest absolute Gasteiger partial charge is 0.451 e. The number of rotatable bonds is 4. The van der Waals surface area contributed by atoms with Gasteiger partial charge < -0.3 is 14.6 Å². The zero-order chi connectivity index (χ0) is 19.7. The van der Waals surface area contributed by atoms with Gasteiger partial charge in [-0.15, -0.1) is 0 Å². The molecule has 0 atom stereocenters. The van der Waals surface area contributed by atoms with E-state index in [1.54, 1.807) is 32.2 Å². The number of likely N-dealkylation sites (N-methyl/N-ethyl adjacent to an activating group) is 1. The van der Waals surface area contributed by atoms with Gasteiger partial charge in [0.2, 0.25) is 5.91 Å². The number of nitrogens with zero attached hydrogens (tertiary/aromatic N) is 1. The lowest BCUT2D eigenvalue weighted by atomic mass is 10.1. The molecule has 0 spiro atoms. The molecule has 0 saturated carbocycles. The lowest BCUT2D eigenvalue weighted by molar-refractivity contribution is -0.116. The average molecular weight is 450 g/mol. The van der Waals surface area contributed by atoms with Gasteiger partial charge in [0.15, 0.2) is 5.76 Å². The molecule has 5 nitrogen and oxygen atoms in total. The SMILES string of the molecule is Cc1cc(Br)ccc1NC(=O)CN(C)C(=O)c1oc2ccc(Cl)cc2c1C. The second kappa shape index (κ2) is 7.74. The monoisotopic (exact) mass is 448 g/mol. The fraction of sp³-hybridized carbons (Fsp3) is 0.200. The van der Waals surface area contributed by atoms with E-state index in [4.69, 9.17) is 16.0 Å². The van der Waals surface area contributed by atoms with Crippen molar-refractivity contribution in [3.63, 3.8) is 0 Å². The molecule has 2 aromatic carbocycles. The van der Waals surface area contributed by atoms with Crippen molar-refractivity contribution in [2.75, 3.05) is 18.9 Å². The van der Waals surface area contributed by atoms with E-state index in [1.807, 2.05) is 25.1 Å². The Morgan fingerprint density at radius 3 is 2.63 bits per heavy atom. The minimum absolute atomic E-state index is 0.0917. The normalized spacial score (nSPS) is 10.9. The first-order valence-corrected chi connectivity index (χ1v) is 9.43. The number of hydrogen-bond donors (Lipinski definition) is 1. The van der Waals surface area contributed by atoms with Crippen molar-refractivity contribution in [1.29, 1.82) is 0 Å². The number of carbonyl (C=O) groups excluding carboxylic acids is 2. The van der Waals surface area contributed by atoms with Crippen LogP contribution in [0.2, 0.25) is 5.02 Å². The number of hydrogen-bond acceptors (Lipinski definition) is 3. The molecule has 0 aliphatic rings. The molecule has 1 N–H and O–H groups in total. The van der Waals surface area contributed by atoms with Crippen molar-refractivity contribution in [3.8, 4) is 0 Å². The van der Waals surface area contributed by atoms with E-state index in [2.05, 4.69) is 21.2 Å². The number of aryl methyl sites for hydroxylation is 2. The summed E-state index contributed by atoms with van der Waals surface area (Å²) in [6.45, 7) is 3.61. The molecule has 0 radical (unpaired) electrons. The lowest BCUT2D eigenvalue weighted by Crippen LogP contribution is -2.35. The van der Waals surface area contributed by atoms with Gasteiger partial charge in [0.1, 0.15) is 5.58 Å². The van der Waals surface area contributed by atoms with Crippen molar-refractivity contribution in [2.24, 2.45) is 0 Å². The predicted molar refractivity (Wildman–Crippen MR) is 110 cm³/mol. The fourth-order valence-electron chi connectivity index (χ4n) is 2.81. The van der Waals surface area contributed by atoms with Gasteiger partial charge in [-0.1, -0.05) is 27.5 Å². The van der Waals surface area contributed by atoms with Crippen LogP contribution in [-0.2, 0) is 4.79 Å². The molecule has 0 bridgehead atoms. The van der Waals surface area contributed by atoms with Gasteiger partial charge in [-0.25, -0.2) is 0 Å². The number of anilines is 1. The number of furan rings is 1. The van der Waals surface area contributed by atoms with Crippen molar-refractivity contribution >= 4 is 56.0 Å². The number of nitrogens with one attached hydrogen (secondary N) is 1. The van der Waals surface area contributed by atoms with E-state index < -0.39 is 0 Å². The van der Waals surface area contributed by atoms with Crippen LogP contribution in [0.25, 0.3) is 11.0 Å². The summed E-state index contributed by atoms with van der Waals surface area (Å²) in [5, 5.41) is 4.18. The Kier molecular flexibility index (Phi) is 5.58. The third kappa shape index (κ3) is 4.17. The molecule has 0 unspecified atom stereocenters. The second-order valence-corrected chi connectivity index (χ2v) is 7.72. The minimum atomic E-state index is -0.359. The smallest absolute Gasteiger partial charge is 0.290 e. The number of fused-ring (bicyclic) bond motifs is 1.